The first-order chi connectivity index (χ1) is 40.7. The number of benzene rings is 4. The molecule has 4 aromatic rings. The summed E-state index contributed by atoms with van der Waals surface area (Å²) >= 11 is 0. The van der Waals surface area contributed by atoms with E-state index < -0.39 is 10.4 Å². The van der Waals surface area contributed by atoms with E-state index >= 15 is 0 Å². The molecule has 21 heteroatoms. The van der Waals surface area contributed by atoms with Crippen molar-refractivity contribution in [1.82, 2.24) is 0 Å². The molecule has 468 valence electrons. The van der Waals surface area contributed by atoms with Gasteiger partial charge in [0.1, 0.15) is 12.4 Å². The summed E-state index contributed by atoms with van der Waals surface area (Å²) < 4.78 is 125. The van der Waals surface area contributed by atoms with Crippen molar-refractivity contribution < 1.29 is 92.9 Å². The van der Waals surface area contributed by atoms with Crippen molar-refractivity contribution in [2.75, 3.05) is 211 Å². The molecule has 0 saturated heterocycles. The molecule has 4 rings (SSSR count). The molecule has 0 spiro atoms. The van der Waals surface area contributed by atoms with Crippen molar-refractivity contribution in [3.8, 4) is 5.75 Å². The van der Waals surface area contributed by atoms with Gasteiger partial charge in [-0.05, 0) is 22.3 Å². The number of hydrogen-bond acceptors (Lipinski definition) is 20. The van der Waals surface area contributed by atoms with E-state index in [0.29, 0.717) is 192 Å². The van der Waals surface area contributed by atoms with Gasteiger partial charge in [-0.3, -0.25) is 4.18 Å². The van der Waals surface area contributed by atoms with Crippen LogP contribution < -0.4 is 4.74 Å². The molecule has 0 saturated carbocycles. The molecular formula is C62H93O20S-. The maximum atomic E-state index is 10.3. The van der Waals surface area contributed by atoms with Gasteiger partial charge < -0.3 is 80.3 Å². The summed E-state index contributed by atoms with van der Waals surface area (Å²) in [4.78, 5) is 0. The minimum Gasteiger partial charge on any atom is -0.726 e. The van der Waals surface area contributed by atoms with E-state index in [1.54, 1.807) is 0 Å². The molecule has 0 heterocycles. The van der Waals surface area contributed by atoms with Gasteiger partial charge in [0.15, 0.2) is 0 Å². The summed E-state index contributed by atoms with van der Waals surface area (Å²) in [7, 11) is -4.69. The van der Waals surface area contributed by atoms with Crippen molar-refractivity contribution in [2.45, 2.75) is 38.5 Å². The van der Waals surface area contributed by atoms with Gasteiger partial charge >= 0.3 is 0 Å². The van der Waals surface area contributed by atoms with Crippen LogP contribution in [0.2, 0.25) is 0 Å². The van der Waals surface area contributed by atoms with E-state index in [-0.39, 0.29) is 37.6 Å². The second kappa shape index (κ2) is 48.1. The molecule has 0 aromatic heterocycles. The van der Waals surface area contributed by atoms with Crippen LogP contribution in [0.4, 0.5) is 0 Å². The molecule has 20 nitrogen and oxygen atoms in total. The van der Waals surface area contributed by atoms with E-state index in [4.69, 9.17) is 75.8 Å². The van der Waals surface area contributed by atoms with Gasteiger partial charge in [-0.1, -0.05) is 124 Å². The maximum Gasteiger partial charge on any atom is 0.217 e. The number of ether oxygens (including phenoxy) is 16. The van der Waals surface area contributed by atoms with Crippen molar-refractivity contribution in [2.24, 2.45) is 0 Å². The Balaban J connectivity index is 0.864. The highest BCUT2D eigenvalue weighted by atomic mass is 32.3. The summed E-state index contributed by atoms with van der Waals surface area (Å²) in [5.41, 5.74) is 7.39. The molecule has 0 radical (unpaired) electrons. The van der Waals surface area contributed by atoms with E-state index in [1.807, 2.05) is 0 Å². The van der Waals surface area contributed by atoms with Gasteiger partial charge in [-0.25, -0.2) is 8.42 Å². The van der Waals surface area contributed by atoms with Crippen LogP contribution in [-0.4, -0.2) is 224 Å². The largest absolute Gasteiger partial charge is 0.726 e. The van der Waals surface area contributed by atoms with Gasteiger partial charge in [-0.2, -0.15) is 0 Å². The van der Waals surface area contributed by atoms with Crippen LogP contribution in [0.25, 0.3) is 0 Å². The molecule has 0 fully saturated rings. The highest BCUT2D eigenvalue weighted by Gasteiger charge is 2.25. The second-order valence-corrected chi connectivity index (χ2v) is 19.7. The fraction of sp³-hybridized carbons (Fsp3) is 0.613. The Bertz CT molecular complexity index is 2170. The summed E-state index contributed by atoms with van der Waals surface area (Å²) in [6.45, 7) is 19.8. The Kier molecular flexibility index (Phi) is 41.4. The highest BCUT2D eigenvalue weighted by Crippen LogP contribution is 2.42. The monoisotopic (exact) mass is 1190 g/mol. The van der Waals surface area contributed by atoms with Crippen LogP contribution in [0.15, 0.2) is 103 Å². The summed E-state index contributed by atoms with van der Waals surface area (Å²) in [5, 5.41) is 0. The molecule has 83 heavy (non-hydrogen) atoms. The lowest BCUT2D eigenvalue weighted by Gasteiger charge is -2.26. The normalized spacial score (nSPS) is 12.9. The van der Waals surface area contributed by atoms with Gasteiger partial charge in [0.05, 0.1) is 205 Å². The third-order valence-corrected chi connectivity index (χ3v) is 13.1. The lowest BCUT2D eigenvalue weighted by atomic mass is 9.81. The molecule has 4 aromatic carbocycles. The quantitative estimate of drug-likeness (QED) is 0.0242. The van der Waals surface area contributed by atoms with Gasteiger partial charge in [-0.15, -0.1) is 0 Å². The predicted octanol–water partition coefficient (Wildman–Crippen LogP) is 7.25. The van der Waals surface area contributed by atoms with Crippen LogP contribution in [0.5, 0.6) is 5.75 Å². The molecule has 0 aliphatic heterocycles. The molecule has 3 unspecified atom stereocenters. The van der Waals surface area contributed by atoms with Crippen LogP contribution in [0.1, 0.15) is 71.9 Å². The van der Waals surface area contributed by atoms with E-state index in [1.165, 1.54) is 33.4 Å². The minimum atomic E-state index is -4.69. The molecule has 0 aliphatic rings. The van der Waals surface area contributed by atoms with E-state index in [0.717, 1.165) is 5.75 Å². The van der Waals surface area contributed by atoms with Crippen LogP contribution in [-0.2, 0) is 85.6 Å². The summed E-state index contributed by atoms with van der Waals surface area (Å²) in [5.74, 6) is 1.36. The maximum absolute atomic E-state index is 10.3. The summed E-state index contributed by atoms with van der Waals surface area (Å²) in [6.07, 6.45) is 0. The average molecular weight is 1190 g/mol. The zero-order valence-corrected chi connectivity index (χ0v) is 50.1. The molecule has 0 N–H and O–H groups in total. The Labute approximate surface area is 493 Å². The Hall–Kier alpha value is -4.05. The predicted molar refractivity (Wildman–Crippen MR) is 312 cm³/mol. The number of hydrogen-bond donors (Lipinski definition) is 0. The first kappa shape index (κ1) is 71.4. The van der Waals surface area contributed by atoms with Gasteiger partial charge in [0, 0.05) is 28.9 Å². The Morgan fingerprint density at radius 3 is 0.723 bits per heavy atom. The topological polar surface area (TPSA) is 214 Å². The Morgan fingerprint density at radius 2 is 0.494 bits per heavy atom. The molecule has 0 bridgehead atoms. The first-order valence-electron chi connectivity index (χ1n) is 29.0. The fourth-order valence-corrected chi connectivity index (χ4v) is 8.39. The third-order valence-electron chi connectivity index (χ3n) is 12.6. The SMILES string of the molecule is CC(c1ccccc1)c1cc(C(C)c2ccccc2)c(OCCOCCOCCOCCOCCOCCOCCOCCOCCOCCOCCOCCOCCOCCOCCOCCOS(=O)(=O)[O-])c(C(C)c2ccccc2)c1. The zero-order chi connectivity index (χ0) is 58.9. The molecule has 0 aliphatic carbocycles. The Morgan fingerprint density at radius 1 is 0.289 bits per heavy atom. The van der Waals surface area contributed by atoms with Crippen molar-refractivity contribution in [3.63, 3.8) is 0 Å². The van der Waals surface area contributed by atoms with E-state index in [2.05, 4.69) is 128 Å². The summed E-state index contributed by atoms with van der Waals surface area (Å²) in [6, 6.07) is 36.7. The molecular weight excluding hydrogens is 1100 g/mol. The molecule has 3 atom stereocenters. The lowest BCUT2D eigenvalue weighted by Crippen LogP contribution is -2.16. The van der Waals surface area contributed by atoms with Crippen LogP contribution >= 0.6 is 0 Å². The number of rotatable bonds is 56. The average Bonchev–Trinajstić information content (AvgIpc) is 3.28. The molecule has 0 amide bonds. The van der Waals surface area contributed by atoms with Crippen molar-refractivity contribution in [3.05, 3.63) is 137 Å². The van der Waals surface area contributed by atoms with Crippen molar-refractivity contribution in [1.29, 1.82) is 0 Å². The zero-order valence-electron chi connectivity index (χ0n) is 49.2. The highest BCUT2D eigenvalue weighted by molar-refractivity contribution is 7.80. The fourth-order valence-electron chi connectivity index (χ4n) is 8.11. The van der Waals surface area contributed by atoms with E-state index in [9.17, 15) is 13.0 Å². The van der Waals surface area contributed by atoms with Crippen molar-refractivity contribution >= 4 is 10.4 Å². The van der Waals surface area contributed by atoms with Crippen LogP contribution in [0, 0.1) is 0 Å². The first-order valence-corrected chi connectivity index (χ1v) is 30.3. The second-order valence-electron chi connectivity index (χ2n) is 18.7. The van der Waals surface area contributed by atoms with Gasteiger partial charge in [0.25, 0.3) is 0 Å². The smallest absolute Gasteiger partial charge is 0.217 e. The standard InChI is InChI=1S/C62H94O20S/c1-53(56-13-7-4-8-14-56)59-51-60(54(2)57-15-9-5-10-16-57)62(61(52-59)55(3)58-17-11-6-12-18-58)81-49-47-79-45-43-77-41-39-75-37-35-73-33-31-71-29-27-69-25-23-67-21-19-66-20-22-68-24-26-70-28-30-72-32-34-74-36-38-76-40-42-78-44-46-80-48-50-82-83(63,64)65/h4-18,51-55H,19-50H2,1-3H3,(H,63,64,65)/p-1. The minimum absolute atomic E-state index is 0.0167. The van der Waals surface area contributed by atoms with Crippen LogP contribution in [0.3, 0.4) is 0 Å². The lowest BCUT2D eigenvalue weighted by molar-refractivity contribution is -0.0302. The van der Waals surface area contributed by atoms with Gasteiger partial charge in [0.2, 0.25) is 10.4 Å². The third kappa shape index (κ3) is 35.2.